The Morgan fingerprint density at radius 3 is 2.35 bits per heavy atom. The molecule has 3 aromatic rings. The molecule has 6 heteroatoms. The summed E-state index contributed by atoms with van der Waals surface area (Å²) in [5, 5.41) is 17.7. The van der Waals surface area contributed by atoms with Gasteiger partial charge in [-0.2, -0.15) is 0 Å². The zero-order valence-corrected chi connectivity index (χ0v) is 13.4. The predicted octanol–water partition coefficient (Wildman–Crippen LogP) is 3.53. The lowest BCUT2D eigenvalue weighted by molar-refractivity contribution is 0.282. The average molecular weight is 328 g/mol. The van der Waals surface area contributed by atoms with Crippen LogP contribution in [0.4, 0.5) is 0 Å². The molecule has 0 radical (unpaired) electrons. The highest BCUT2D eigenvalue weighted by Crippen LogP contribution is 2.26. The second-order valence-corrected chi connectivity index (χ2v) is 5.79. The molecule has 118 valence electrons. The van der Waals surface area contributed by atoms with Gasteiger partial charge < -0.3 is 14.3 Å². The normalized spacial score (nSPS) is 10.7. The molecule has 2 aromatic carbocycles. The summed E-state index contributed by atoms with van der Waals surface area (Å²) in [6.45, 7) is 0.0578. The monoisotopic (exact) mass is 328 g/mol. The summed E-state index contributed by atoms with van der Waals surface area (Å²) < 4.78 is 10.8. The van der Waals surface area contributed by atoms with E-state index < -0.39 is 0 Å². The van der Waals surface area contributed by atoms with E-state index in [1.54, 1.807) is 7.11 Å². The maximum atomic E-state index is 9.03. The molecule has 3 rings (SSSR count). The molecule has 0 saturated carbocycles. The van der Waals surface area contributed by atoms with Gasteiger partial charge in [-0.15, -0.1) is 10.2 Å². The SMILES string of the molecule is COc1ccc(-c2nnc(SCc3ccc(CO)cc3)o2)cc1. The largest absolute Gasteiger partial charge is 0.497 e. The summed E-state index contributed by atoms with van der Waals surface area (Å²) >= 11 is 1.48. The first-order valence-electron chi connectivity index (χ1n) is 7.08. The van der Waals surface area contributed by atoms with Crippen LogP contribution in [-0.4, -0.2) is 22.4 Å². The summed E-state index contributed by atoms with van der Waals surface area (Å²) in [6, 6.07) is 15.3. The number of aromatic nitrogens is 2. The fourth-order valence-electron chi connectivity index (χ4n) is 2.00. The molecule has 0 fully saturated rings. The minimum Gasteiger partial charge on any atom is -0.497 e. The molecular formula is C17H16N2O3S. The van der Waals surface area contributed by atoms with Crippen molar-refractivity contribution in [2.24, 2.45) is 0 Å². The molecule has 0 amide bonds. The molecule has 5 nitrogen and oxygen atoms in total. The Bertz CT molecular complexity index is 754. The number of methoxy groups -OCH3 is 1. The Morgan fingerprint density at radius 1 is 1.00 bits per heavy atom. The number of thioether (sulfide) groups is 1. The number of ether oxygens (including phenoxy) is 1. The van der Waals surface area contributed by atoms with E-state index in [0.29, 0.717) is 11.1 Å². The van der Waals surface area contributed by atoms with Gasteiger partial charge in [-0.05, 0) is 35.4 Å². The molecule has 0 atom stereocenters. The lowest BCUT2D eigenvalue weighted by atomic mass is 10.2. The van der Waals surface area contributed by atoms with E-state index in [9.17, 15) is 0 Å². The van der Waals surface area contributed by atoms with E-state index in [1.165, 1.54) is 11.8 Å². The number of hydrogen-bond donors (Lipinski definition) is 1. The van der Waals surface area contributed by atoms with Gasteiger partial charge in [0.05, 0.1) is 13.7 Å². The first kappa shape index (κ1) is 15.6. The van der Waals surface area contributed by atoms with Crippen LogP contribution >= 0.6 is 11.8 Å². The molecule has 0 saturated heterocycles. The molecular weight excluding hydrogens is 312 g/mol. The summed E-state index contributed by atoms with van der Waals surface area (Å²) in [5.41, 5.74) is 2.90. The summed E-state index contributed by atoms with van der Waals surface area (Å²) in [7, 11) is 1.63. The minimum absolute atomic E-state index is 0.0578. The first-order valence-corrected chi connectivity index (χ1v) is 8.06. The zero-order chi connectivity index (χ0) is 16.1. The van der Waals surface area contributed by atoms with E-state index in [1.807, 2.05) is 48.5 Å². The van der Waals surface area contributed by atoms with Crippen LogP contribution in [0, 0.1) is 0 Å². The number of hydrogen-bond acceptors (Lipinski definition) is 6. The molecule has 23 heavy (non-hydrogen) atoms. The van der Waals surface area contributed by atoms with Gasteiger partial charge in [-0.3, -0.25) is 0 Å². The molecule has 0 aliphatic rings. The molecule has 0 aliphatic heterocycles. The van der Waals surface area contributed by atoms with Gasteiger partial charge >= 0.3 is 0 Å². The topological polar surface area (TPSA) is 68.4 Å². The van der Waals surface area contributed by atoms with Crippen molar-refractivity contribution in [2.45, 2.75) is 17.6 Å². The van der Waals surface area contributed by atoms with E-state index in [4.69, 9.17) is 14.3 Å². The number of nitrogens with zero attached hydrogens (tertiary/aromatic N) is 2. The highest BCUT2D eigenvalue weighted by Gasteiger charge is 2.09. The average Bonchev–Trinajstić information content (AvgIpc) is 3.09. The molecule has 0 spiro atoms. The Balaban J connectivity index is 1.64. The van der Waals surface area contributed by atoms with Gasteiger partial charge in [-0.25, -0.2) is 0 Å². The predicted molar refractivity (Wildman–Crippen MR) is 88.2 cm³/mol. The van der Waals surface area contributed by atoms with Crippen LogP contribution < -0.4 is 4.74 Å². The number of benzene rings is 2. The van der Waals surface area contributed by atoms with E-state index >= 15 is 0 Å². The Kier molecular flexibility index (Phi) is 4.95. The van der Waals surface area contributed by atoms with Crippen LogP contribution in [0.5, 0.6) is 5.75 Å². The van der Waals surface area contributed by atoms with Gasteiger partial charge in [-0.1, -0.05) is 36.0 Å². The van der Waals surface area contributed by atoms with Gasteiger partial charge in [0.15, 0.2) is 0 Å². The highest BCUT2D eigenvalue weighted by atomic mass is 32.2. The quantitative estimate of drug-likeness (QED) is 0.698. The van der Waals surface area contributed by atoms with Crippen molar-refractivity contribution in [3.63, 3.8) is 0 Å². The van der Waals surface area contributed by atoms with Gasteiger partial charge in [0.25, 0.3) is 5.22 Å². The second kappa shape index (κ2) is 7.30. The van der Waals surface area contributed by atoms with Crippen LogP contribution in [0.3, 0.4) is 0 Å². The molecule has 0 aliphatic carbocycles. The highest BCUT2D eigenvalue weighted by molar-refractivity contribution is 7.98. The van der Waals surface area contributed by atoms with Gasteiger partial charge in [0.1, 0.15) is 5.75 Å². The summed E-state index contributed by atoms with van der Waals surface area (Å²) in [5.74, 6) is 2.01. The minimum atomic E-state index is 0.0578. The number of aliphatic hydroxyl groups is 1. The van der Waals surface area contributed by atoms with E-state index in [2.05, 4.69) is 10.2 Å². The first-order chi connectivity index (χ1) is 11.3. The lowest BCUT2D eigenvalue weighted by Gasteiger charge is -2.00. The van der Waals surface area contributed by atoms with Gasteiger partial charge in [0, 0.05) is 11.3 Å². The third-order valence-electron chi connectivity index (χ3n) is 3.31. The molecule has 1 heterocycles. The van der Waals surface area contributed by atoms with Crippen LogP contribution in [0.2, 0.25) is 0 Å². The van der Waals surface area contributed by atoms with Crippen LogP contribution in [0.25, 0.3) is 11.5 Å². The van der Waals surface area contributed by atoms with E-state index in [0.717, 1.165) is 28.2 Å². The van der Waals surface area contributed by atoms with Crippen molar-refractivity contribution in [2.75, 3.05) is 7.11 Å². The second-order valence-electron chi connectivity index (χ2n) is 4.86. The van der Waals surface area contributed by atoms with Gasteiger partial charge in [0.2, 0.25) is 5.89 Å². The van der Waals surface area contributed by atoms with Crippen LogP contribution in [-0.2, 0) is 12.4 Å². The Hall–Kier alpha value is -2.31. The number of aliphatic hydroxyl groups excluding tert-OH is 1. The molecule has 1 aromatic heterocycles. The lowest BCUT2D eigenvalue weighted by Crippen LogP contribution is -1.85. The number of rotatable bonds is 6. The van der Waals surface area contributed by atoms with Crippen molar-refractivity contribution >= 4 is 11.8 Å². The summed E-state index contributed by atoms with van der Waals surface area (Å²) in [6.07, 6.45) is 0. The third kappa shape index (κ3) is 3.91. The van der Waals surface area contributed by atoms with Crippen molar-refractivity contribution in [3.05, 3.63) is 59.7 Å². The Labute approximate surface area is 138 Å². The maximum Gasteiger partial charge on any atom is 0.277 e. The molecule has 1 N–H and O–H groups in total. The van der Waals surface area contributed by atoms with E-state index in [-0.39, 0.29) is 6.61 Å². The van der Waals surface area contributed by atoms with Crippen molar-refractivity contribution in [1.29, 1.82) is 0 Å². The van der Waals surface area contributed by atoms with Crippen molar-refractivity contribution in [1.82, 2.24) is 10.2 Å². The maximum absolute atomic E-state index is 9.03. The zero-order valence-electron chi connectivity index (χ0n) is 12.6. The van der Waals surface area contributed by atoms with Crippen molar-refractivity contribution in [3.8, 4) is 17.2 Å². The molecule has 0 unspecified atom stereocenters. The van der Waals surface area contributed by atoms with Crippen molar-refractivity contribution < 1.29 is 14.3 Å². The Morgan fingerprint density at radius 2 is 1.70 bits per heavy atom. The fourth-order valence-corrected chi connectivity index (χ4v) is 2.72. The van der Waals surface area contributed by atoms with Crippen LogP contribution in [0.15, 0.2) is 58.2 Å². The summed E-state index contributed by atoms with van der Waals surface area (Å²) in [4.78, 5) is 0. The standard InChI is InChI=1S/C17H16N2O3S/c1-21-15-8-6-14(7-9-15)16-18-19-17(22-16)23-11-13-4-2-12(10-20)3-5-13/h2-9,20H,10-11H2,1H3. The van der Waals surface area contributed by atoms with Crippen LogP contribution in [0.1, 0.15) is 11.1 Å². The fraction of sp³-hybridized carbons (Fsp3) is 0.176. The third-order valence-corrected chi connectivity index (χ3v) is 4.20. The smallest absolute Gasteiger partial charge is 0.277 e. The molecule has 0 bridgehead atoms.